The van der Waals surface area contributed by atoms with Crippen LogP contribution < -0.4 is 11.1 Å². The van der Waals surface area contributed by atoms with Gasteiger partial charge in [-0.3, -0.25) is 9.79 Å². The summed E-state index contributed by atoms with van der Waals surface area (Å²) in [6.07, 6.45) is 2.69. The fourth-order valence-corrected chi connectivity index (χ4v) is 2.57. The second-order valence-corrected chi connectivity index (χ2v) is 4.69. The molecule has 0 aromatic rings. The molecule has 4 nitrogen and oxygen atoms in total. The maximum absolute atomic E-state index is 10.5. The average molecular weight is 199 g/mol. The van der Waals surface area contributed by atoms with Crippen LogP contribution in [0, 0.1) is 5.92 Å². The number of nitrogens with zero attached hydrogens (tertiary/aromatic N) is 1. The minimum atomic E-state index is -0.335. The van der Waals surface area contributed by atoms with Crippen molar-refractivity contribution in [2.75, 3.05) is 13.1 Å². The third-order valence-electron chi connectivity index (χ3n) is 2.24. The Balaban J connectivity index is 1.73. The van der Waals surface area contributed by atoms with Gasteiger partial charge in [0.1, 0.15) is 0 Å². The van der Waals surface area contributed by atoms with Crippen LogP contribution >= 0.6 is 11.8 Å². The lowest BCUT2D eigenvalue weighted by molar-refractivity contribution is -0.116. The number of carbonyl (C=O) groups excluding carboxylic acids is 1. The Morgan fingerprint density at radius 2 is 2.46 bits per heavy atom. The monoisotopic (exact) mass is 199 g/mol. The van der Waals surface area contributed by atoms with E-state index in [1.807, 2.05) is 0 Å². The van der Waals surface area contributed by atoms with E-state index in [0.717, 1.165) is 17.6 Å². The van der Waals surface area contributed by atoms with Crippen LogP contribution in [0.2, 0.25) is 0 Å². The first-order valence-electron chi connectivity index (χ1n) is 4.49. The Morgan fingerprint density at radius 3 is 3.08 bits per heavy atom. The van der Waals surface area contributed by atoms with Gasteiger partial charge in [0.25, 0.3) is 0 Å². The molecule has 0 spiro atoms. The van der Waals surface area contributed by atoms with Gasteiger partial charge in [-0.25, -0.2) is 0 Å². The van der Waals surface area contributed by atoms with Crippen molar-refractivity contribution in [3.05, 3.63) is 0 Å². The van der Waals surface area contributed by atoms with E-state index < -0.39 is 0 Å². The second-order valence-electron chi connectivity index (χ2n) is 3.46. The van der Waals surface area contributed by atoms with E-state index in [-0.39, 0.29) is 12.5 Å². The second kappa shape index (κ2) is 3.57. The number of nitrogens with two attached hydrogens (primary N) is 1. The zero-order chi connectivity index (χ0) is 9.26. The van der Waals surface area contributed by atoms with Gasteiger partial charge in [-0.05, 0) is 18.8 Å². The van der Waals surface area contributed by atoms with E-state index in [1.165, 1.54) is 12.8 Å². The summed E-state index contributed by atoms with van der Waals surface area (Å²) in [5.74, 6) is 0.528. The number of thioether (sulfide) groups is 1. The zero-order valence-corrected chi connectivity index (χ0v) is 8.14. The molecule has 1 aliphatic carbocycles. The molecule has 13 heavy (non-hydrogen) atoms. The lowest BCUT2D eigenvalue weighted by atomic mass is 10.3. The van der Waals surface area contributed by atoms with Crippen LogP contribution in [0.4, 0.5) is 0 Å². The molecule has 1 saturated carbocycles. The van der Waals surface area contributed by atoms with Crippen molar-refractivity contribution in [1.29, 1.82) is 0 Å². The van der Waals surface area contributed by atoms with Gasteiger partial charge < -0.3 is 11.1 Å². The predicted octanol–water partition coefficient (Wildman–Crippen LogP) is -0.0573. The molecule has 0 saturated heterocycles. The van der Waals surface area contributed by atoms with Gasteiger partial charge in [0, 0.05) is 5.25 Å². The molecule has 1 unspecified atom stereocenters. The number of amides is 1. The van der Waals surface area contributed by atoms with Crippen molar-refractivity contribution in [3.8, 4) is 0 Å². The minimum absolute atomic E-state index is 0.198. The minimum Gasteiger partial charge on any atom is -0.368 e. The summed E-state index contributed by atoms with van der Waals surface area (Å²) in [6.45, 7) is 1.10. The number of hydrogen-bond donors (Lipinski definition) is 2. The van der Waals surface area contributed by atoms with Crippen LogP contribution in [-0.4, -0.2) is 29.4 Å². The highest BCUT2D eigenvalue weighted by atomic mass is 32.2. The molecule has 1 aliphatic heterocycles. The quantitative estimate of drug-likeness (QED) is 0.669. The molecule has 5 heteroatoms. The lowest BCUT2D eigenvalue weighted by Crippen LogP contribution is -2.31. The number of amidine groups is 1. The molecule has 1 fully saturated rings. The van der Waals surface area contributed by atoms with Crippen LogP contribution in [0.15, 0.2) is 4.99 Å². The number of hydrogen-bond acceptors (Lipinski definition) is 4. The molecule has 2 aliphatic rings. The molecule has 0 aromatic carbocycles. The molecule has 0 radical (unpaired) electrons. The van der Waals surface area contributed by atoms with Crippen LogP contribution in [0.3, 0.4) is 0 Å². The van der Waals surface area contributed by atoms with E-state index >= 15 is 0 Å². The summed E-state index contributed by atoms with van der Waals surface area (Å²) in [6, 6.07) is 0. The average Bonchev–Trinajstić information content (AvgIpc) is 2.83. The summed E-state index contributed by atoms with van der Waals surface area (Å²) in [4.78, 5) is 14.8. The van der Waals surface area contributed by atoms with Crippen molar-refractivity contribution in [2.45, 2.75) is 18.1 Å². The highest BCUT2D eigenvalue weighted by Crippen LogP contribution is 2.41. The van der Waals surface area contributed by atoms with E-state index in [2.05, 4.69) is 10.3 Å². The van der Waals surface area contributed by atoms with Gasteiger partial charge in [-0.2, -0.15) is 0 Å². The fraction of sp³-hybridized carbons (Fsp3) is 0.750. The smallest absolute Gasteiger partial charge is 0.236 e. The first-order chi connectivity index (χ1) is 6.25. The SMILES string of the molecule is NC(=O)CNC1=NCC(C2CC2)S1. The van der Waals surface area contributed by atoms with Crippen molar-refractivity contribution >= 4 is 22.8 Å². The Kier molecular flexibility index (Phi) is 2.44. The van der Waals surface area contributed by atoms with Crippen LogP contribution in [0.1, 0.15) is 12.8 Å². The maximum atomic E-state index is 10.5. The third kappa shape index (κ3) is 2.37. The zero-order valence-electron chi connectivity index (χ0n) is 7.32. The molecule has 0 bridgehead atoms. The van der Waals surface area contributed by atoms with Crippen LogP contribution in [0.25, 0.3) is 0 Å². The first kappa shape index (κ1) is 8.87. The summed E-state index contributed by atoms with van der Waals surface area (Å²) in [5.41, 5.74) is 5.01. The van der Waals surface area contributed by atoms with E-state index in [9.17, 15) is 4.79 Å². The molecule has 72 valence electrons. The lowest BCUT2D eigenvalue weighted by Gasteiger charge is -2.05. The molecule has 2 rings (SSSR count). The molecular formula is C8H13N3OS. The Morgan fingerprint density at radius 1 is 1.69 bits per heavy atom. The van der Waals surface area contributed by atoms with Gasteiger partial charge in [0.05, 0.1) is 13.1 Å². The van der Waals surface area contributed by atoms with E-state index in [4.69, 9.17) is 5.73 Å². The van der Waals surface area contributed by atoms with Crippen LogP contribution in [-0.2, 0) is 4.79 Å². The maximum Gasteiger partial charge on any atom is 0.236 e. The molecule has 0 aromatic heterocycles. The molecule has 1 amide bonds. The van der Waals surface area contributed by atoms with E-state index in [1.54, 1.807) is 11.8 Å². The number of aliphatic imine (C=N–C) groups is 1. The fourth-order valence-electron chi connectivity index (χ4n) is 1.36. The summed E-state index contributed by atoms with van der Waals surface area (Å²) in [7, 11) is 0. The van der Waals surface area contributed by atoms with Gasteiger partial charge in [-0.15, -0.1) is 0 Å². The van der Waals surface area contributed by atoms with Crippen molar-refractivity contribution < 1.29 is 4.79 Å². The summed E-state index contributed by atoms with van der Waals surface area (Å²) < 4.78 is 0. The highest BCUT2D eigenvalue weighted by Gasteiger charge is 2.35. The summed E-state index contributed by atoms with van der Waals surface area (Å²) in [5, 5.41) is 4.47. The van der Waals surface area contributed by atoms with Gasteiger partial charge >= 0.3 is 0 Å². The Labute approximate surface area is 81.4 Å². The normalized spacial score (nSPS) is 27.1. The predicted molar refractivity (Wildman–Crippen MR) is 53.6 cm³/mol. The third-order valence-corrected chi connectivity index (χ3v) is 3.57. The van der Waals surface area contributed by atoms with Crippen molar-refractivity contribution in [2.24, 2.45) is 16.6 Å². The number of primary amides is 1. The highest BCUT2D eigenvalue weighted by molar-refractivity contribution is 8.14. The Bertz CT molecular complexity index is 250. The van der Waals surface area contributed by atoms with Crippen LogP contribution in [0.5, 0.6) is 0 Å². The number of carbonyl (C=O) groups is 1. The van der Waals surface area contributed by atoms with Crippen molar-refractivity contribution in [1.82, 2.24) is 5.32 Å². The van der Waals surface area contributed by atoms with Gasteiger partial charge in [-0.1, -0.05) is 11.8 Å². The van der Waals surface area contributed by atoms with Gasteiger partial charge in [0.2, 0.25) is 5.91 Å². The van der Waals surface area contributed by atoms with E-state index in [0.29, 0.717) is 5.25 Å². The Hall–Kier alpha value is -0.710. The van der Waals surface area contributed by atoms with Crippen molar-refractivity contribution in [3.63, 3.8) is 0 Å². The first-order valence-corrected chi connectivity index (χ1v) is 5.37. The molecule has 1 atom stereocenters. The number of rotatable bonds is 3. The largest absolute Gasteiger partial charge is 0.368 e. The molecule has 3 N–H and O–H groups in total. The molecular weight excluding hydrogens is 186 g/mol. The molecule has 1 heterocycles. The number of nitrogens with one attached hydrogen (secondary N) is 1. The summed E-state index contributed by atoms with van der Waals surface area (Å²) >= 11 is 1.75. The topological polar surface area (TPSA) is 67.5 Å². The van der Waals surface area contributed by atoms with Gasteiger partial charge in [0.15, 0.2) is 5.17 Å². The standard InChI is InChI=1S/C8H13N3OS/c9-7(12)4-11-8-10-3-6(13-8)5-1-2-5/h5-6H,1-4H2,(H2,9,12)(H,10,11).